The molecule has 196 valence electrons. The van der Waals surface area contributed by atoms with Gasteiger partial charge in [-0.05, 0) is 104 Å². The summed E-state index contributed by atoms with van der Waals surface area (Å²) >= 11 is 0. The Balaban J connectivity index is 1.40. The van der Waals surface area contributed by atoms with Crippen molar-refractivity contribution in [2.75, 3.05) is 12.3 Å². The number of carbonyl (C=O) groups is 1. The molecular formula is C26H45NO6S. The van der Waals surface area contributed by atoms with Crippen LogP contribution in [0.5, 0.6) is 0 Å². The zero-order valence-corrected chi connectivity index (χ0v) is 21.9. The Kier molecular flexibility index (Phi) is 7.47. The van der Waals surface area contributed by atoms with Crippen molar-refractivity contribution in [3.8, 4) is 0 Å². The molecule has 0 unspecified atom stereocenters. The highest BCUT2D eigenvalue weighted by molar-refractivity contribution is 7.85. The SMILES string of the molecule is C[C@@H](CCC(=O)NCCS(=O)(=O)O)[C@@H]1CC[C@@H]2[C@H]3CC[C@H]4C[C@@H](O)CC[C@]4(C)[C@@H]3C[C@@H](O)[C@@]21C. The third kappa shape index (κ3) is 4.81. The Hall–Kier alpha value is -0.700. The first kappa shape index (κ1) is 26.4. The van der Waals surface area contributed by atoms with E-state index in [-0.39, 0.29) is 35.5 Å². The molecule has 0 radical (unpaired) electrons. The summed E-state index contributed by atoms with van der Waals surface area (Å²) in [6.45, 7) is 6.86. The van der Waals surface area contributed by atoms with Crippen LogP contribution in [0.15, 0.2) is 0 Å². The molecule has 4 fully saturated rings. The molecule has 34 heavy (non-hydrogen) atoms. The Morgan fingerprint density at radius 3 is 2.50 bits per heavy atom. The van der Waals surface area contributed by atoms with Gasteiger partial charge in [0, 0.05) is 13.0 Å². The van der Waals surface area contributed by atoms with Gasteiger partial charge in [0.05, 0.1) is 18.0 Å². The van der Waals surface area contributed by atoms with Crippen LogP contribution in [0.2, 0.25) is 0 Å². The molecule has 0 aromatic heterocycles. The maximum Gasteiger partial charge on any atom is 0.266 e. The molecule has 10 atom stereocenters. The third-order valence-corrected chi connectivity index (χ3v) is 11.7. The average Bonchev–Trinajstić information content (AvgIpc) is 3.11. The molecule has 0 aromatic carbocycles. The van der Waals surface area contributed by atoms with Crippen LogP contribution in [-0.2, 0) is 14.9 Å². The van der Waals surface area contributed by atoms with Gasteiger partial charge in [-0.2, -0.15) is 8.42 Å². The van der Waals surface area contributed by atoms with Gasteiger partial charge in [0.25, 0.3) is 10.1 Å². The first-order valence-corrected chi connectivity index (χ1v) is 15.0. The van der Waals surface area contributed by atoms with Crippen LogP contribution < -0.4 is 5.32 Å². The molecule has 0 aromatic rings. The van der Waals surface area contributed by atoms with Crippen LogP contribution in [0.3, 0.4) is 0 Å². The van der Waals surface area contributed by atoms with Crippen molar-refractivity contribution >= 4 is 16.0 Å². The summed E-state index contributed by atoms with van der Waals surface area (Å²) in [5.74, 6) is 2.28. The number of rotatable bonds is 7. The standard InChI is InChI=1S/C26H45NO6S/c1-16(4-9-24(30)27-12-13-34(31,32)33)20-7-8-21-19-6-5-17-14-18(28)10-11-25(17,2)22(19)15-23(29)26(20,21)3/h16-23,28-29H,4-15H2,1-3H3,(H,27,30)(H,31,32,33)/t16-,17-,18-,19+,20-,21+,22+,23+,25-,26+/m0/s1. The fourth-order valence-corrected chi connectivity index (χ4v) is 9.49. The molecule has 4 N–H and O–H groups in total. The average molecular weight is 500 g/mol. The van der Waals surface area contributed by atoms with Gasteiger partial charge >= 0.3 is 0 Å². The Morgan fingerprint density at radius 2 is 1.79 bits per heavy atom. The predicted octanol–water partition coefficient (Wildman–Crippen LogP) is 3.40. The van der Waals surface area contributed by atoms with Crippen molar-refractivity contribution in [2.24, 2.45) is 46.3 Å². The van der Waals surface area contributed by atoms with E-state index >= 15 is 0 Å². The monoisotopic (exact) mass is 499 g/mol. The highest BCUT2D eigenvalue weighted by Gasteiger charge is 2.63. The second-order valence-electron chi connectivity index (χ2n) is 12.5. The van der Waals surface area contributed by atoms with Crippen molar-refractivity contribution in [3.05, 3.63) is 0 Å². The Labute approximate surface area is 205 Å². The van der Waals surface area contributed by atoms with E-state index < -0.39 is 15.9 Å². The molecule has 7 nitrogen and oxygen atoms in total. The predicted molar refractivity (Wildman–Crippen MR) is 130 cm³/mol. The minimum Gasteiger partial charge on any atom is -0.393 e. The number of hydrogen-bond acceptors (Lipinski definition) is 5. The van der Waals surface area contributed by atoms with Crippen LogP contribution in [-0.4, -0.2) is 53.6 Å². The van der Waals surface area contributed by atoms with Crippen LogP contribution in [0.4, 0.5) is 0 Å². The third-order valence-electron chi connectivity index (χ3n) is 11.0. The van der Waals surface area contributed by atoms with E-state index in [1.165, 1.54) is 12.8 Å². The molecule has 0 aliphatic heterocycles. The van der Waals surface area contributed by atoms with E-state index in [1.54, 1.807) is 0 Å². The topological polar surface area (TPSA) is 124 Å². The zero-order valence-electron chi connectivity index (χ0n) is 21.1. The van der Waals surface area contributed by atoms with Crippen molar-refractivity contribution in [3.63, 3.8) is 0 Å². The van der Waals surface area contributed by atoms with Crippen molar-refractivity contribution in [2.45, 2.75) is 97.2 Å². The molecule has 4 aliphatic carbocycles. The summed E-state index contributed by atoms with van der Waals surface area (Å²) in [5.41, 5.74) is 0.105. The first-order valence-electron chi connectivity index (χ1n) is 13.4. The fourth-order valence-electron chi connectivity index (χ4n) is 9.13. The minimum atomic E-state index is -4.07. The molecule has 0 heterocycles. The lowest BCUT2D eigenvalue weighted by Gasteiger charge is -2.62. The molecule has 0 saturated heterocycles. The van der Waals surface area contributed by atoms with Gasteiger partial charge in [0.2, 0.25) is 5.91 Å². The molecule has 1 amide bonds. The number of fused-ring (bicyclic) bond motifs is 5. The quantitative estimate of drug-likeness (QED) is 0.398. The van der Waals surface area contributed by atoms with E-state index in [0.717, 1.165) is 38.5 Å². The van der Waals surface area contributed by atoms with E-state index in [2.05, 4.69) is 26.1 Å². The molecule has 4 rings (SSSR count). The summed E-state index contributed by atoms with van der Waals surface area (Å²) in [6, 6.07) is 0. The lowest BCUT2D eigenvalue weighted by atomic mass is 9.43. The second kappa shape index (κ2) is 9.64. The molecule has 4 aliphatic rings. The van der Waals surface area contributed by atoms with E-state index in [0.29, 0.717) is 48.3 Å². The lowest BCUT2D eigenvalue weighted by Crippen LogP contribution is -2.58. The largest absolute Gasteiger partial charge is 0.393 e. The highest BCUT2D eigenvalue weighted by atomic mass is 32.2. The number of aliphatic hydroxyl groups is 2. The summed E-state index contributed by atoms with van der Waals surface area (Å²) in [4.78, 5) is 12.2. The maximum atomic E-state index is 12.2. The Bertz CT molecular complexity index is 863. The summed E-state index contributed by atoms with van der Waals surface area (Å²) in [5, 5.41) is 24.5. The lowest BCUT2D eigenvalue weighted by molar-refractivity contribution is -0.174. The maximum absolute atomic E-state index is 12.2. The fraction of sp³-hybridized carbons (Fsp3) is 0.962. The van der Waals surface area contributed by atoms with Gasteiger partial charge in [-0.3, -0.25) is 9.35 Å². The summed E-state index contributed by atoms with van der Waals surface area (Å²) in [7, 11) is -4.07. The van der Waals surface area contributed by atoms with E-state index in [4.69, 9.17) is 4.55 Å². The number of carbonyl (C=O) groups excluding carboxylic acids is 1. The van der Waals surface area contributed by atoms with Gasteiger partial charge in [-0.1, -0.05) is 20.8 Å². The van der Waals surface area contributed by atoms with Crippen molar-refractivity contribution in [1.82, 2.24) is 5.32 Å². The van der Waals surface area contributed by atoms with Crippen LogP contribution >= 0.6 is 0 Å². The molecule has 0 bridgehead atoms. The van der Waals surface area contributed by atoms with Gasteiger partial charge in [-0.25, -0.2) is 0 Å². The Morgan fingerprint density at radius 1 is 1.06 bits per heavy atom. The number of hydrogen-bond donors (Lipinski definition) is 4. The molecule has 4 saturated carbocycles. The van der Waals surface area contributed by atoms with Crippen molar-refractivity contribution in [1.29, 1.82) is 0 Å². The molecular weight excluding hydrogens is 454 g/mol. The highest BCUT2D eigenvalue weighted by Crippen LogP contribution is 2.68. The van der Waals surface area contributed by atoms with Crippen LogP contribution in [0.1, 0.15) is 85.0 Å². The number of nitrogens with one attached hydrogen (secondary N) is 1. The van der Waals surface area contributed by atoms with Crippen LogP contribution in [0.25, 0.3) is 0 Å². The zero-order chi connectivity index (χ0) is 24.9. The van der Waals surface area contributed by atoms with Crippen molar-refractivity contribution < 1.29 is 28.0 Å². The molecule has 8 heteroatoms. The normalized spacial score (nSPS) is 45.1. The number of amides is 1. The number of aliphatic hydroxyl groups excluding tert-OH is 2. The van der Waals surface area contributed by atoms with Gasteiger partial charge in [-0.15, -0.1) is 0 Å². The first-order chi connectivity index (χ1) is 15.9. The van der Waals surface area contributed by atoms with E-state index in [9.17, 15) is 23.4 Å². The van der Waals surface area contributed by atoms with Gasteiger partial charge in [0.1, 0.15) is 0 Å². The minimum absolute atomic E-state index is 0.0756. The second-order valence-corrected chi connectivity index (χ2v) is 14.1. The summed E-state index contributed by atoms with van der Waals surface area (Å²) in [6.07, 6.45) is 8.93. The smallest absolute Gasteiger partial charge is 0.266 e. The molecule has 0 spiro atoms. The summed E-state index contributed by atoms with van der Waals surface area (Å²) < 4.78 is 30.5. The van der Waals surface area contributed by atoms with Gasteiger partial charge in [0.15, 0.2) is 0 Å². The van der Waals surface area contributed by atoms with Gasteiger partial charge < -0.3 is 15.5 Å². The van der Waals surface area contributed by atoms with Crippen LogP contribution in [0, 0.1) is 46.3 Å². The van der Waals surface area contributed by atoms with E-state index in [1.807, 2.05) is 0 Å².